The molecule has 1 aromatic heterocycles. The van der Waals surface area contributed by atoms with Crippen LogP contribution in [0.15, 0.2) is 18.2 Å². The number of carboxylic acid groups (broad SMARTS) is 1. The van der Waals surface area contributed by atoms with E-state index in [0.717, 1.165) is 42.5 Å². The molecular weight excluding hydrogens is 288 g/mol. The summed E-state index contributed by atoms with van der Waals surface area (Å²) in [5.41, 5.74) is 1.53. The molecule has 1 aliphatic rings. The van der Waals surface area contributed by atoms with Crippen molar-refractivity contribution in [3.05, 3.63) is 29.0 Å². The van der Waals surface area contributed by atoms with E-state index in [1.807, 2.05) is 18.2 Å². The molecule has 1 fully saturated rings. The van der Waals surface area contributed by atoms with Gasteiger partial charge in [-0.2, -0.15) is 0 Å². The topological polar surface area (TPSA) is 66.0 Å². The standard InChI is InChI=1S/C16H19ClN2O2/c17-11-5-4-6-12-15(11)19-13(18-12)9-16(10-14(20)21)7-2-1-3-8-16/h4-6H,1-3,7-10H2,(H,18,19)(H,20,21). The number of rotatable bonds is 4. The number of hydrogen-bond acceptors (Lipinski definition) is 2. The first kappa shape index (κ1) is 14.4. The van der Waals surface area contributed by atoms with Crippen LogP contribution in [0.4, 0.5) is 0 Å². The average Bonchev–Trinajstić information content (AvgIpc) is 2.82. The first-order valence-electron chi connectivity index (χ1n) is 7.43. The van der Waals surface area contributed by atoms with Crippen molar-refractivity contribution in [2.24, 2.45) is 5.41 Å². The number of nitrogens with zero attached hydrogens (tertiary/aromatic N) is 1. The second-order valence-corrected chi connectivity index (χ2v) is 6.53. The minimum atomic E-state index is -0.717. The first-order valence-corrected chi connectivity index (χ1v) is 7.81. The molecule has 2 aromatic rings. The summed E-state index contributed by atoms with van der Waals surface area (Å²) in [5, 5.41) is 9.87. The molecule has 4 nitrogen and oxygen atoms in total. The van der Waals surface area contributed by atoms with E-state index in [0.29, 0.717) is 11.4 Å². The van der Waals surface area contributed by atoms with Crippen LogP contribution in [-0.2, 0) is 11.2 Å². The molecule has 1 saturated carbocycles. The fourth-order valence-electron chi connectivity index (χ4n) is 3.53. The normalized spacial score (nSPS) is 18.0. The number of halogens is 1. The molecule has 1 aliphatic carbocycles. The van der Waals surface area contributed by atoms with E-state index in [1.165, 1.54) is 6.42 Å². The number of fused-ring (bicyclic) bond motifs is 1. The van der Waals surface area contributed by atoms with Crippen LogP contribution in [0.1, 0.15) is 44.3 Å². The molecule has 0 aliphatic heterocycles. The van der Waals surface area contributed by atoms with Crippen LogP contribution in [0.25, 0.3) is 11.0 Å². The highest BCUT2D eigenvalue weighted by Crippen LogP contribution is 2.42. The van der Waals surface area contributed by atoms with Crippen LogP contribution >= 0.6 is 11.6 Å². The van der Waals surface area contributed by atoms with E-state index in [1.54, 1.807) is 0 Å². The fraction of sp³-hybridized carbons (Fsp3) is 0.500. The van der Waals surface area contributed by atoms with Crippen molar-refractivity contribution >= 4 is 28.6 Å². The molecule has 0 radical (unpaired) electrons. The lowest BCUT2D eigenvalue weighted by atomic mass is 9.69. The van der Waals surface area contributed by atoms with E-state index in [2.05, 4.69) is 9.97 Å². The van der Waals surface area contributed by atoms with Gasteiger partial charge in [0.25, 0.3) is 0 Å². The molecule has 0 amide bonds. The number of H-pyrrole nitrogens is 1. The minimum absolute atomic E-state index is 0.162. The minimum Gasteiger partial charge on any atom is -0.481 e. The third-order valence-electron chi connectivity index (χ3n) is 4.50. The van der Waals surface area contributed by atoms with Crippen molar-refractivity contribution in [2.75, 3.05) is 0 Å². The molecule has 0 unspecified atom stereocenters. The summed E-state index contributed by atoms with van der Waals surface area (Å²) in [7, 11) is 0. The number of imidazole rings is 1. The number of carboxylic acids is 1. The van der Waals surface area contributed by atoms with E-state index in [4.69, 9.17) is 11.6 Å². The summed E-state index contributed by atoms with van der Waals surface area (Å²) in [6.07, 6.45) is 6.24. The predicted molar refractivity (Wildman–Crippen MR) is 82.6 cm³/mol. The Kier molecular flexibility index (Phi) is 3.89. The third kappa shape index (κ3) is 3.05. The number of nitrogens with one attached hydrogen (secondary N) is 1. The van der Waals surface area contributed by atoms with E-state index >= 15 is 0 Å². The average molecular weight is 307 g/mol. The van der Waals surface area contributed by atoms with E-state index in [-0.39, 0.29) is 11.8 Å². The summed E-state index contributed by atoms with van der Waals surface area (Å²) in [5.74, 6) is 0.132. The lowest BCUT2D eigenvalue weighted by molar-refractivity contribution is -0.140. The zero-order chi connectivity index (χ0) is 14.9. The number of carbonyl (C=O) groups is 1. The van der Waals surface area contributed by atoms with Gasteiger partial charge in [-0.25, -0.2) is 4.98 Å². The molecule has 2 N–H and O–H groups in total. The number of para-hydroxylation sites is 1. The molecule has 0 saturated heterocycles. The van der Waals surface area contributed by atoms with Crippen LogP contribution in [0.3, 0.4) is 0 Å². The largest absolute Gasteiger partial charge is 0.481 e. The fourth-order valence-corrected chi connectivity index (χ4v) is 3.74. The molecular formula is C16H19ClN2O2. The number of benzene rings is 1. The van der Waals surface area contributed by atoms with Crippen molar-refractivity contribution in [3.8, 4) is 0 Å². The van der Waals surface area contributed by atoms with Gasteiger partial charge in [-0.15, -0.1) is 0 Å². The quantitative estimate of drug-likeness (QED) is 0.890. The molecule has 1 aromatic carbocycles. The number of aliphatic carboxylic acids is 1. The van der Waals surface area contributed by atoms with Crippen molar-refractivity contribution in [1.82, 2.24) is 9.97 Å². The van der Waals surface area contributed by atoms with Crippen LogP contribution in [0, 0.1) is 5.41 Å². The van der Waals surface area contributed by atoms with Gasteiger partial charge in [0.05, 0.1) is 17.0 Å². The maximum Gasteiger partial charge on any atom is 0.303 e. The molecule has 112 valence electrons. The van der Waals surface area contributed by atoms with Crippen LogP contribution in [0.5, 0.6) is 0 Å². The van der Waals surface area contributed by atoms with Gasteiger partial charge in [-0.1, -0.05) is 36.9 Å². The Hall–Kier alpha value is -1.55. The Morgan fingerprint density at radius 1 is 1.33 bits per heavy atom. The maximum absolute atomic E-state index is 11.2. The van der Waals surface area contributed by atoms with Gasteiger partial charge >= 0.3 is 5.97 Å². The Bertz CT molecular complexity index is 659. The molecule has 1 heterocycles. The Labute approximate surface area is 128 Å². The van der Waals surface area contributed by atoms with E-state index in [9.17, 15) is 9.90 Å². The summed E-state index contributed by atoms with van der Waals surface area (Å²) in [6, 6.07) is 5.66. The maximum atomic E-state index is 11.2. The number of aromatic nitrogens is 2. The van der Waals surface area contributed by atoms with Crippen molar-refractivity contribution in [2.45, 2.75) is 44.9 Å². The summed E-state index contributed by atoms with van der Waals surface area (Å²) >= 11 is 6.16. The van der Waals surface area contributed by atoms with Gasteiger partial charge in [0.1, 0.15) is 11.3 Å². The smallest absolute Gasteiger partial charge is 0.303 e. The Morgan fingerprint density at radius 2 is 2.10 bits per heavy atom. The van der Waals surface area contributed by atoms with E-state index < -0.39 is 5.97 Å². The molecule has 0 bridgehead atoms. The Morgan fingerprint density at radius 3 is 2.76 bits per heavy atom. The number of aromatic amines is 1. The summed E-state index contributed by atoms with van der Waals surface area (Å²) in [6.45, 7) is 0. The van der Waals surface area contributed by atoms with Gasteiger partial charge < -0.3 is 10.1 Å². The van der Waals surface area contributed by atoms with Gasteiger partial charge in [-0.3, -0.25) is 4.79 Å². The molecule has 3 rings (SSSR count). The zero-order valence-electron chi connectivity index (χ0n) is 11.9. The highest BCUT2D eigenvalue weighted by molar-refractivity contribution is 6.34. The molecule has 5 heteroatoms. The summed E-state index contributed by atoms with van der Waals surface area (Å²) in [4.78, 5) is 19.1. The highest BCUT2D eigenvalue weighted by atomic mass is 35.5. The lowest BCUT2D eigenvalue weighted by Gasteiger charge is -2.35. The molecule has 0 spiro atoms. The van der Waals surface area contributed by atoms with Crippen molar-refractivity contribution in [1.29, 1.82) is 0 Å². The number of hydrogen-bond donors (Lipinski definition) is 2. The monoisotopic (exact) mass is 306 g/mol. The second-order valence-electron chi connectivity index (χ2n) is 6.13. The van der Waals surface area contributed by atoms with Crippen LogP contribution < -0.4 is 0 Å². The van der Waals surface area contributed by atoms with Crippen molar-refractivity contribution < 1.29 is 9.90 Å². The van der Waals surface area contributed by atoms with Gasteiger partial charge in [0.2, 0.25) is 0 Å². The van der Waals surface area contributed by atoms with Gasteiger partial charge in [0, 0.05) is 6.42 Å². The predicted octanol–water partition coefficient (Wildman–Crippen LogP) is 4.18. The first-order chi connectivity index (χ1) is 10.1. The molecule has 21 heavy (non-hydrogen) atoms. The SMILES string of the molecule is O=C(O)CC1(Cc2nc3c(Cl)cccc3[nH]2)CCCCC1. The highest BCUT2D eigenvalue weighted by Gasteiger charge is 2.35. The lowest BCUT2D eigenvalue weighted by Crippen LogP contribution is -2.30. The van der Waals surface area contributed by atoms with Gasteiger partial charge in [0.15, 0.2) is 0 Å². The summed E-state index contributed by atoms with van der Waals surface area (Å²) < 4.78 is 0. The zero-order valence-corrected chi connectivity index (χ0v) is 12.6. The van der Waals surface area contributed by atoms with Crippen LogP contribution in [0.2, 0.25) is 5.02 Å². The molecule has 0 atom stereocenters. The Balaban J connectivity index is 1.90. The second kappa shape index (κ2) is 5.68. The van der Waals surface area contributed by atoms with Crippen LogP contribution in [-0.4, -0.2) is 21.0 Å². The van der Waals surface area contributed by atoms with Gasteiger partial charge in [-0.05, 0) is 30.4 Å². The third-order valence-corrected chi connectivity index (χ3v) is 4.80. The van der Waals surface area contributed by atoms with Crippen molar-refractivity contribution in [3.63, 3.8) is 0 Å².